The van der Waals surface area contributed by atoms with E-state index >= 15 is 0 Å². The van der Waals surface area contributed by atoms with Gasteiger partial charge in [0.1, 0.15) is 0 Å². The van der Waals surface area contributed by atoms with E-state index in [9.17, 15) is 4.57 Å². The van der Waals surface area contributed by atoms with Crippen molar-refractivity contribution in [3.05, 3.63) is 0 Å². The Bertz CT molecular complexity index is 195. The molecule has 0 aliphatic carbocycles. The second-order valence-electron chi connectivity index (χ2n) is 3.88. The number of hydrogen-bond donors (Lipinski definition) is 3. The standard InChI is InChI=1S/C10H23O4PS/c11-15(12,13)14-9-7-5-3-1-2-4-6-8-10-16/h16H,1-10H2,(H2,11,12,13). The van der Waals surface area contributed by atoms with Crippen molar-refractivity contribution in [2.75, 3.05) is 12.4 Å². The maximum atomic E-state index is 10.3. The van der Waals surface area contributed by atoms with Crippen LogP contribution in [0.3, 0.4) is 0 Å². The van der Waals surface area contributed by atoms with Gasteiger partial charge in [-0.3, -0.25) is 4.52 Å². The van der Waals surface area contributed by atoms with Gasteiger partial charge in [-0.1, -0.05) is 38.5 Å². The molecule has 4 nitrogen and oxygen atoms in total. The third-order valence-corrected chi connectivity index (χ3v) is 3.15. The SMILES string of the molecule is O=P(O)(O)OCCCCCCCCCCS. The number of hydrogen-bond acceptors (Lipinski definition) is 3. The molecule has 0 unspecified atom stereocenters. The molecule has 0 aliphatic rings. The first-order valence-corrected chi connectivity index (χ1v) is 8.03. The smallest absolute Gasteiger partial charge is 0.303 e. The van der Waals surface area contributed by atoms with E-state index in [2.05, 4.69) is 17.2 Å². The highest BCUT2D eigenvalue weighted by molar-refractivity contribution is 7.80. The van der Waals surface area contributed by atoms with E-state index in [0.717, 1.165) is 25.0 Å². The average Bonchev–Trinajstić information content (AvgIpc) is 2.19. The van der Waals surface area contributed by atoms with E-state index < -0.39 is 7.82 Å². The van der Waals surface area contributed by atoms with Gasteiger partial charge in [0.25, 0.3) is 0 Å². The molecule has 0 radical (unpaired) electrons. The van der Waals surface area contributed by atoms with Crippen molar-refractivity contribution in [3.63, 3.8) is 0 Å². The minimum absolute atomic E-state index is 0.157. The topological polar surface area (TPSA) is 66.8 Å². The van der Waals surface area contributed by atoms with Gasteiger partial charge in [-0.25, -0.2) is 4.57 Å². The number of unbranched alkanes of at least 4 members (excludes halogenated alkanes) is 7. The molecule has 0 aromatic rings. The number of phosphoric acid groups is 1. The quantitative estimate of drug-likeness (QED) is 0.306. The van der Waals surface area contributed by atoms with Crippen LogP contribution in [0.2, 0.25) is 0 Å². The molecule has 0 aromatic heterocycles. The molecule has 0 aliphatic heterocycles. The van der Waals surface area contributed by atoms with Crippen LogP contribution in [0.5, 0.6) is 0 Å². The summed E-state index contributed by atoms with van der Waals surface area (Å²) in [7, 11) is -4.25. The predicted molar refractivity (Wildman–Crippen MR) is 68.8 cm³/mol. The van der Waals surface area contributed by atoms with Gasteiger partial charge in [0.2, 0.25) is 0 Å². The molecular weight excluding hydrogens is 247 g/mol. The van der Waals surface area contributed by atoms with E-state index in [1.165, 1.54) is 32.1 Å². The Kier molecular flexibility index (Phi) is 10.9. The van der Waals surface area contributed by atoms with Crippen LogP contribution in [0.1, 0.15) is 51.4 Å². The molecule has 0 spiro atoms. The molecule has 0 atom stereocenters. The molecule has 0 fully saturated rings. The molecule has 0 heterocycles. The molecule has 0 saturated carbocycles. The van der Waals surface area contributed by atoms with Crippen LogP contribution in [0.15, 0.2) is 0 Å². The van der Waals surface area contributed by atoms with Crippen LogP contribution >= 0.6 is 20.5 Å². The van der Waals surface area contributed by atoms with E-state index in [1.807, 2.05) is 0 Å². The summed E-state index contributed by atoms with van der Waals surface area (Å²) in [6.45, 7) is 0.157. The first kappa shape index (κ1) is 16.5. The first-order chi connectivity index (χ1) is 7.56. The van der Waals surface area contributed by atoms with Crippen LogP contribution < -0.4 is 0 Å². The molecule has 0 bridgehead atoms. The first-order valence-electron chi connectivity index (χ1n) is 5.87. The molecule has 0 rings (SSSR count). The minimum atomic E-state index is -4.25. The van der Waals surface area contributed by atoms with Gasteiger partial charge in [0.15, 0.2) is 0 Å². The zero-order chi connectivity index (χ0) is 12.3. The Hall–Kier alpha value is 0.460. The lowest BCUT2D eigenvalue weighted by Crippen LogP contribution is -1.92. The zero-order valence-corrected chi connectivity index (χ0v) is 11.5. The lowest BCUT2D eigenvalue weighted by molar-refractivity contribution is 0.193. The number of phosphoric ester groups is 1. The second-order valence-corrected chi connectivity index (χ2v) is 5.56. The minimum Gasteiger partial charge on any atom is -0.303 e. The van der Waals surface area contributed by atoms with Gasteiger partial charge in [-0.15, -0.1) is 0 Å². The van der Waals surface area contributed by atoms with Crippen LogP contribution in [-0.4, -0.2) is 22.1 Å². The van der Waals surface area contributed by atoms with Crippen molar-refractivity contribution in [1.29, 1.82) is 0 Å². The van der Waals surface area contributed by atoms with Gasteiger partial charge in [0.05, 0.1) is 6.61 Å². The fourth-order valence-corrected chi connectivity index (χ4v) is 2.05. The summed E-state index contributed by atoms with van der Waals surface area (Å²) in [5, 5.41) is 0. The van der Waals surface area contributed by atoms with Crippen LogP contribution in [0.4, 0.5) is 0 Å². The fourth-order valence-electron chi connectivity index (χ4n) is 1.46. The van der Waals surface area contributed by atoms with E-state index in [-0.39, 0.29) is 6.61 Å². The van der Waals surface area contributed by atoms with E-state index in [4.69, 9.17) is 9.79 Å². The molecule has 0 aromatic carbocycles. The molecule has 98 valence electrons. The molecule has 6 heteroatoms. The van der Waals surface area contributed by atoms with E-state index in [0.29, 0.717) is 0 Å². The third kappa shape index (κ3) is 14.5. The summed E-state index contributed by atoms with van der Waals surface area (Å²) in [5.41, 5.74) is 0. The summed E-state index contributed by atoms with van der Waals surface area (Å²) < 4.78 is 14.7. The zero-order valence-electron chi connectivity index (χ0n) is 9.68. The van der Waals surface area contributed by atoms with Gasteiger partial charge >= 0.3 is 7.82 Å². The highest BCUT2D eigenvalue weighted by Gasteiger charge is 2.12. The van der Waals surface area contributed by atoms with Gasteiger partial charge < -0.3 is 9.79 Å². The summed E-state index contributed by atoms with van der Waals surface area (Å²) in [6.07, 6.45) is 8.97. The summed E-state index contributed by atoms with van der Waals surface area (Å²) in [5.74, 6) is 0.972. The number of thiol groups is 1. The van der Waals surface area contributed by atoms with Gasteiger partial charge in [0, 0.05) is 0 Å². The Morgan fingerprint density at radius 3 is 1.75 bits per heavy atom. The molecule has 2 N–H and O–H groups in total. The van der Waals surface area contributed by atoms with Crippen molar-refractivity contribution in [2.45, 2.75) is 51.4 Å². The summed E-state index contributed by atoms with van der Waals surface area (Å²) in [6, 6.07) is 0. The van der Waals surface area contributed by atoms with Gasteiger partial charge in [-0.05, 0) is 18.6 Å². The predicted octanol–water partition coefficient (Wildman–Crippen LogP) is 3.15. The largest absolute Gasteiger partial charge is 0.469 e. The fraction of sp³-hybridized carbons (Fsp3) is 1.00. The summed E-state index contributed by atoms with van der Waals surface area (Å²) >= 11 is 4.15. The van der Waals surface area contributed by atoms with Crippen molar-refractivity contribution in [2.24, 2.45) is 0 Å². The monoisotopic (exact) mass is 270 g/mol. The second kappa shape index (κ2) is 10.6. The van der Waals surface area contributed by atoms with Crippen molar-refractivity contribution in [3.8, 4) is 0 Å². The Balaban J connectivity index is 3.02. The highest BCUT2D eigenvalue weighted by atomic mass is 32.1. The highest BCUT2D eigenvalue weighted by Crippen LogP contribution is 2.35. The third-order valence-electron chi connectivity index (χ3n) is 2.31. The molecule has 0 amide bonds. The molecule has 0 saturated heterocycles. The maximum absolute atomic E-state index is 10.3. The van der Waals surface area contributed by atoms with Gasteiger partial charge in [-0.2, -0.15) is 12.6 Å². The normalized spacial score (nSPS) is 11.9. The van der Waals surface area contributed by atoms with Crippen LogP contribution in [0, 0.1) is 0 Å². The summed E-state index contributed by atoms with van der Waals surface area (Å²) in [4.78, 5) is 16.8. The Morgan fingerprint density at radius 2 is 1.31 bits per heavy atom. The van der Waals surface area contributed by atoms with E-state index in [1.54, 1.807) is 0 Å². The molecular formula is C10H23O4PS. The maximum Gasteiger partial charge on any atom is 0.469 e. The Labute approximate surface area is 103 Å². The van der Waals surface area contributed by atoms with Crippen molar-refractivity contribution >= 4 is 20.5 Å². The van der Waals surface area contributed by atoms with Crippen LogP contribution in [0.25, 0.3) is 0 Å². The van der Waals surface area contributed by atoms with Crippen LogP contribution in [-0.2, 0) is 9.09 Å². The Morgan fingerprint density at radius 1 is 0.875 bits per heavy atom. The average molecular weight is 270 g/mol. The number of rotatable bonds is 11. The molecule has 16 heavy (non-hydrogen) atoms. The lowest BCUT2D eigenvalue weighted by Gasteiger charge is -2.04. The van der Waals surface area contributed by atoms with Crippen molar-refractivity contribution in [1.82, 2.24) is 0 Å². The lowest BCUT2D eigenvalue weighted by atomic mass is 10.1. The van der Waals surface area contributed by atoms with Crippen molar-refractivity contribution < 1.29 is 18.9 Å².